The zero-order valence-electron chi connectivity index (χ0n) is 14.2. The van der Waals surface area contributed by atoms with Crippen molar-refractivity contribution in [1.29, 1.82) is 0 Å². The van der Waals surface area contributed by atoms with Crippen LogP contribution in [0.5, 0.6) is 0 Å². The highest BCUT2D eigenvalue weighted by Gasteiger charge is 2.37. The monoisotopic (exact) mass is 317 g/mol. The minimum Gasteiger partial charge on any atom is -0.445 e. The lowest BCUT2D eigenvalue weighted by molar-refractivity contribution is -0.125. The zero-order chi connectivity index (χ0) is 16.7. The van der Waals surface area contributed by atoms with Gasteiger partial charge in [0.05, 0.1) is 0 Å². The van der Waals surface area contributed by atoms with E-state index < -0.39 is 0 Å². The molecule has 1 aliphatic heterocycles. The van der Waals surface area contributed by atoms with Crippen molar-refractivity contribution in [2.45, 2.75) is 71.1 Å². The Morgan fingerprint density at radius 2 is 1.65 bits per heavy atom. The Morgan fingerprint density at radius 3 is 2.17 bits per heavy atom. The van der Waals surface area contributed by atoms with Crippen LogP contribution in [-0.4, -0.2) is 28.9 Å². The summed E-state index contributed by atoms with van der Waals surface area (Å²) in [5.41, 5.74) is 0.980. The van der Waals surface area contributed by atoms with Gasteiger partial charge in [-0.3, -0.25) is 4.79 Å². The van der Waals surface area contributed by atoms with E-state index in [9.17, 15) is 9.59 Å². The molecule has 1 aromatic carbocycles. The Kier molecular flexibility index (Phi) is 6.63. The Hall–Kier alpha value is -1.84. The minimum atomic E-state index is -0.279. The second kappa shape index (κ2) is 8.70. The highest BCUT2D eigenvalue weighted by atomic mass is 16.6. The van der Waals surface area contributed by atoms with Crippen molar-refractivity contribution in [3.8, 4) is 0 Å². The van der Waals surface area contributed by atoms with Crippen molar-refractivity contribution in [2.75, 3.05) is 0 Å². The number of carbonyl (C=O) groups excluding carboxylic acids is 2. The molecule has 2 rings (SSSR count). The first-order valence-electron chi connectivity index (χ1n) is 8.66. The number of ether oxygens (including phenoxy) is 1. The molecular weight excluding hydrogens is 290 g/mol. The average molecular weight is 317 g/mol. The van der Waals surface area contributed by atoms with Gasteiger partial charge in [0.15, 0.2) is 0 Å². The number of hydrogen-bond donors (Lipinski definition) is 0. The lowest BCUT2D eigenvalue weighted by Crippen LogP contribution is -2.52. The van der Waals surface area contributed by atoms with Crippen LogP contribution in [0.1, 0.15) is 57.9 Å². The van der Waals surface area contributed by atoms with E-state index in [2.05, 4.69) is 13.8 Å². The number of likely N-dealkylation sites (tertiary alicyclic amines) is 1. The molecule has 1 aromatic rings. The van der Waals surface area contributed by atoms with E-state index in [-0.39, 0.29) is 30.6 Å². The van der Waals surface area contributed by atoms with Gasteiger partial charge in [-0.1, -0.05) is 57.0 Å². The fourth-order valence-electron chi connectivity index (χ4n) is 3.34. The van der Waals surface area contributed by atoms with E-state index in [4.69, 9.17) is 4.74 Å². The molecule has 0 aliphatic carbocycles. The molecule has 1 aliphatic rings. The highest BCUT2D eigenvalue weighted by Crippen LogP contribution is 2.27. The lowest BCUT2D eigenvalue weighted by atomic mass is 9.90. The predicted molar refractivity (Wildman–Crippen MR) is 90.1 cm³/mol. The first kappa shape index (κ1) is 17.5. The van der Waals surface area contributed by atoms with Crippen molar-refractivity contribution in [2.24, 2.45) is 0 Å². The van der Waals surface area contributed by atoms with E-state index in [1.54, 1.807) is 0 Å². The summed E-state index contributed by atoms with van der Waals surface area (Å²) in [6.07, 6.45) is 4.28. The molecule has 1 heterocycles. The summed E-state index contributed by atoms with van der Waals surface area (Å²) in [4.78, 5) is 26.5. The molecule has 2 atom stereocenters. The molecule has 4 heteroatoms. The molecule has 23 heavy (non-hydrogen) atoms. The first-order valence-corrected chi connectivity index (χ1v) is 8.66. The second-order valence-electron chi connectivity index (χ2n) is 6.28. The molecule has 0 N–H and O–H groups in total. The summed E-state index contributed by atoms with van der Waals surface area (Å²) in [5, 5.41) is 0. The van der Waals surface area contributed by atoms with Gasteiger partial charge >= 0.3 is 6.09 Å². The van der Waals surface area contributed by atoms with Gasteiger partial charge in [-0.25, -0.2) is 4.79 Å². The fraction of sp³-hybridized carbons (Fsp3) is 0.579. The topological polar surface area (TPSA) is 46.6 Å². The summed E-state index contributed by atoms with van der Waals surface area (Å²) in [7, 11) is 0. The van der Waals surface area contributed by atoms with Crippen LogP contribution in [0, 0.1) is 0 Å². The molecule has 0 bridgehead atoms. The number of rotatable bonds is 6. The molecule has 0 saturated carbocycles. The maximum absolute atomic E-state index is 12.6. The molecule has 0 unspecified atom stereocenters. The molecule has 4 nitrogen and oxygen atoms in total. The van der Waals surface area contributed by atoms with Crippen LogP contribution in [0.4, 0.5) is 4.79 Å². The Morgan fingerprint density at radius 1 is 1.09 bits per heavy atom. The fourth-order valence-corrected chi connectivity index (χ4v) is 3.34. The molecule has 1 saturated heterocycles. The standard InChI is InChI=1S/C19H27NO3/c1-3-8-16-12-18(21)13-17(9-4-2)20(16)19(22)23-14-15-10-6-5-7-11-15/h5-7,10-11,16-17H,3-4,8-9,12-14H2,1-2H3/t16-,17-/m0/s1. The van der Waals surface area contributed by atoms with Crippen molar-refractivity contribution < 1.29 is 14.3 Å². The van der Waals surface area contributed by atoms with Crippen molar-refractivity contribution >= 4 is 11.9 Å². The van der Waals surface area contributed by atoms with Crippen LogP contribution in [0.25, 0.3) is 0 Å². The number of nitrogens with zero attached hydrogens (tertiary/aromatic N) is 1. The van der Waals surface area contributed by atoms with Gasteiger partial charge in [0, 0.05) is 24.9 Å². The number of benzene rings is 1. The minimum absolute atomic E-state index is 0.0129. The van der Waals surface area contributed by atoms with Gasteiger partial charge in [0.1, 0.15) is 12.4 Å². The third-order valence-electron chi connectivity index (χ3n) is 4.37. The normalized spacial score (nSPS) is 21.3. The number of carbonyl (C=O) groups is 2. The quantitative estimate of drug-likeness (QED) is 0.784. The third-order valence-corrected chi connectivity index (χ3v) is 4.37. The van der Waals surface area contributed by atoms with E-state index in [0.717, 1.165) is 31.2 Å². The molecule has 1 fully saturated rings. The molecule has 0 aromatic heterocycles. The van der Waals surface area contributed by atoms with Crippen molar-refractivity contribution in [3.05, 3.63) is 35.9 Å². The van der Waals surface area contributed by atoms with Crippen LogP contribution in [0.2, 0.25) is 0 Å². The SMILES string of the molecule is CCC[C@H]1CC(=O)C[C@H](CCC)N1C(=O)OCc1ccccc1. The number of Topliss-reactive ketones (excluding diaryl/α,β-unsaturated/α-hetero) is 1. The number of piperidine rings is 1. The summed E-state index contributed by atoms with van der Waals surface area (Å²) in [6, 6.07) is 9.67. The molecule has 0 spiro atoms. The van der Waals surface area contributed by atoms with Crippen molar-refractivity contribution in [1.82, 2.24) is 4.90 Å². The summed E-state index contributed by atoms with van der Waals surface area (Å²) < 4.78 is 5.53. The summed E-state index contributed by atoms with van der Waals surface area (Å²) in [5.74, 6) is 0.272. The Bertz CT molecular complexity index is 497. The van der Waals surface area contributed by atoms with Gasteiger partial charge in [-0.15, -0.1) is 0 Å². The van der Waals surface area contributed by atoms with Gasteiger partial charge in [-0.2, -0.15) is 0 Å². The third kappa shape index (κ3) is 4.81. The molecule has 126 valence electrons. The van der Waals surface area contributed by atoms with Crippen LogP contribution in [0.3, 0.4) is 0 Å². The molecule has 1 amide bonds. The number of hydrogen-bond acceptors (Lipinski definition) is 3. The van der Waals surface area contributed by atoms with Gasteiger partial charge < -0.3 is 9.64 Å². The second-order valence-corrected chi connectivity index (χ2v) is 6.28. The van der Waals surface area contributed by atoms with E-state index in [1.807, 2.05) is 35.2 Å². The maximum atomic E-state index is 12.6. The smallest absolute Gasteiger partial charge is 0.410 e. The zero-order valence-corrected chi connectivity index (χ0v) is 14.2. The van der Waals surface area contributed by atoms with Gasteiger partial charge in [0.2, 0.25) is 0 Å². The molecule has 0 radical (unpaired) electrons. The van der Waals surface area contributed by atoms with Crippen LogP contribution >= 0.6 is 0 Å². The predicted octanol–water partition coefficient (Wildman–Crippen LogP) is 4.33. The van der Waals surface area contributed by atoms with E-state index in [1.165, 1.54) is 0 Å². The van der Waals surface area contributed by atoms with Crippen LogP contribution < -0.4 is 0 Å². The number of ketones is 1. The van der Waals surface area contributed by atoms with E-state index >= 15 is 0 Å². The van der Waals surface area contributed by atoms with E-state index in [0.29, 0.717) is 12.8 Å². The highest BCUT2D eigenvalue weighted by molar-refractivity contribution is 5.83. The van der Waals surface area contributed by atoms with Gasteiger partial charge in [0.25, 0.3) is 0 Å². The lowest BCUT2D eigenvalue weighted by Gasteiger charge is -2.40. The first-order chi connectivity index (χ1) is 11.2. The Balaban J connectivity index is 2.06. The summed E-state index contributed by atoms with van der Waals surface area (Å²) >= 11 is 0. The Labute approximate surface area is 138 Å². The molecular formula is C19H27NO3. The van der Waals surface area contributed by atoms with Crippen molar-refractivity contribution in [3.63, 3.8) is 0 Å². The number of amides is 1. The average Bonchev–Trinajstić information content (AvgIpc) is 2.54. The largest absolute Gasteiger partial charge is 0.445 e. The van der Waals surface area contributed by atoms with Crippen LogP contribution in [0.15, 0.2) is 30.3 Å². The maximum Gasteiger partial charge on any atom is 0.410 e. The van der Waals surface area contributed by atoms with Gasteiger partial charge in [-0.05, 0) is 18.4 Å². The summed E-state index contributed by atoms with van der Waals surface area (Å²) in [6.45, 7) is 4.45. The van der Waals surface area contributed by atoms with Crippen LogP contribution in [-0.2, 0) is 16.1 Å².